The molecule has 4 heterocycles. The first-order valence-corrected chi connectivity index (χ1v) is 31.8. The van der Waals surface area contributed by atoms with Crippen LogP contribution in [0.5, 0.6) is 0 Å². The molecule has 1 aliphatic carbocycles. The summed E-state index contributed by atoms with van der Waals surface area (Å²) in [5.74, 6) is 0.748. The van der Waals surface area contributed by atoms with Crippen molar-refractivity contribution in [2.75, 3.05) is 4.90 Å². The predicted octanol–water partition coefficient (Wildman–Crippen LogP) is 23.0. The van der Waals surface area contributed by atoms with Crippen molar-refractivity contribution in [3.63, 3.8) is 0 Å². The molecule has 13 aromatic rings. The first-order valence-electron chi connectivity index (χ1n) is 31.8. The van der Waals surface area contributed by atoms with Crippen LogP contribution in [-0.2, 0) is 10.8 Å². The maximum atomic E-state index is 9.84. The lowest BCUT2D eigenvalue weighted by Crippen LogP contribution is -2.22. The van der Waals surface area contributed by atoms with Crippen LogP contribution < -0.4 is 4.90 Å². The quantitative estimate of drug-likeness (QED) is 0.140. The molecule has 5 heteroatoms. The lowest BCUT2D eigenvalue weighted by Gasteiger charge is -2.24. The monoisotopic (exact) mass is 1170 g/mol. The number of hydrogen-bond acceptors (Lipinski definition) is 3. The van der Waals surface area contributed by atoms with Crippen LogP contribution in [0, 0.1) is 6.57 Å². The van der Waals surface area contributed by atoms with Crippen molar-refractivity contribution in [1.29, 1.82) is 0 Å². The second-order valence-electron chi connectivity index (χ2n) is 27.1. The van der Waals surface area contributed by atoms with Crippen LogP contribution in [0.15, 0.2) is 277 Å². The smallest absolute Gasteiger partial charge is 0.219 e. The highest BCUT2D eigenvalue weighted by Gasteiger charge is 2.45. The first kappa shape index (κ1) is 54.2. The minimum Gasteiger partial charge on any atom is -0.318 e. The van der Waals surface area contributed by atoms with Gasteiger partial charge in [-0.2, -0.15) is 0 Å². The lowest BCUT2D eigenvalue weighted by atomic mass is 9.84. The fourth-order valence-electron chi connectivity index (χ4n) is 15.2. The van der Waals surface area contributed by atoms with Crippen LogP contribution in [0.3, 0.4) is 0 Å². The molecule has 0 saturated heterocycles. The Morgan fingerprint density at radius 1 is 0.385 bits per heavy atom. The minimum atomic E-state index is -0.151. The largest absolute Gasteiger partial charge is 0.318 e. The van der Waals surface area contributed by atoms with E-state index in [4.69, 9.17) is 14.8 Å². The fraction of sp³-hybridized carbons (Fsp3) is 0.128. The van der Waals surface area contributed by atoms with Crippen LogP contribution in [-0.4, -0.2) is 16.1 Å². The molecule has 5 nitrogen and oxygen atoms in total. The van der Waals surface area contributed by atoms with Gasteiger partial charge >= 0.3 is 0 Å². The van der Waals surface area contributed by atoms with E-state index in [9.17, 15) is 6.57 Å². The van der Waals surface area contributed by atoms with Crippen LogP contribution in [0.1, 0.15) is 104 Å². The Labute approximate surface area is 532 Å². The average Bonchev–Trinajstić information content (AvgIpc) is 1.62. The SMILES string of the molecule is [C-]#[N+]c1c(-c2ccccc2)c(-c2ccc3c(c2)C2C(=Nc4ccc(-c5ccccc5)cc42)C3c2ccccc2)cc(-c2ccc3c(c2)C2C(=Nc4ccc(-c5ccccc5)cc42)N3c2ccccc2)c1-n1c2ccc(C(C)(C)C)cc2c2cc(C(C)(C)C)ccc21. The average molecular weight is 1170 g/mol. The Balaban J connectivity index is 0.961. The molecule has 0 saturated carbocycles. The molecule has 91 heavy (non-hydrogen) atoms. The molecule has 3 unspecified atom stereocenters. The second kappa shape index (κ2) is 20.6. The highest BCUT2D eigenvalue weighted by Crippen LogP contribution is 2.58. The lowest BCUT2D eigenvalue weighted by molar-refractivity contribution is 0.590. The molecule has 3 atom stereocenters. The second-order valence-corrected chi connectivity index (χ2v) is 27.1. The molecular formula is C86H65N5. The van der Waals surface area contributed by atoms with Gasteiger partial charge in [0.05, 0.1) is 52.2 Å². The third-order valence-corrected chi connectivity index (χ3v) is 19.7. The van der Waals surface area contributed by atoms with Gasteiger partial charge in [-0.1, -0.05) is 224 Å². The number of nitrogens with zero attached hydrogens (tertiary/aromatic N) is 5. The molecule has 0 N–H and O–H groups in total. The molecule has 0 radical (unpaired) electrons. The topological polar surface area (TPSA) is 37.2 Å². The normalized spacial score (nSPS) is 16.0. The van der Waals surface area contributed by atoms with Crippen molar-refractivity contribution in [1.82, 2.24) is 4.57 Å². The zero-order chi connectivity index (χ0) is 61.4. The third kappa shape index (κ3) is 8.65. The summed E-state index contributed by atoms with van der Waals surface area (Å²) in [5.41, 5.74) is 29.1. The van der Waals surface area contributed by atoms with Gasteiger partial charge < -0.3 is 4.57 Å². The van der Waals surface area contributed by atoms with Crippen LogP contribution >= 0.6 is 0 Å². The molecular weight excluding hydrogens is 1100 g/mol. The summed E-state index contributed by atoms with van der Waals surface area (Å²) >= 11 is 0. The maximum absolute atomic E-state index is 9.84. The Hall–Kier alpha value is -10.9. The van der Waals surface area contributed by atoms with E-state index in [1.165, 1.54) is 72.0 Å². The molecule has 3 aliphatic heterocycles. The van der Waals surface area contributed by atoms with Crippen molar-refractivity contribution >= 4 is 61.8 Å². The van der Waals surface area contributed by atoms with Gasteiger partial charge in [0.1, 0.15) is 5.84 Å². The van der Waals surface area contributed by atoms with Gasteiger partial charge in [-0.25, -0.2) is 9.84 Å². The van der Waals surface area contributed by atoms with E-state index < -0.39 is 0 Å². The highest BCUT2D eigenvalue weighted by molar-refractivity contribution is 6.19. The number of para-hydroxylation sites is 1. The number of hydrogen-bond donors (Lipinski definition) is 0. The highest BCUT2D eigenvalue weighted by atomic mass is 15.2. The minimum absolute atomic E-state index is 0.0270. The van der Waals surface area contributed by atoms with Crippen LogP contribution in [0.2, 0.25) is 0 Å². The number of aliphatic imine (C=N–C) groups is 2. The first-order chi connectivity index (χ1) is 44.4. The van der Waals surface area contributed by atoms with Gasteiger partial charge in [0.15, 0.2) is 0 Å². The predicted molar refractivity (Wildman–Crippen MR) is 379 cm³/mol. The van der Waals surface area contributed by atoms with E-state index in [0.29, 0.717) is 5.69 Å². The Bertz CT molecular complexity index is 5180. The number of aromatic nitrogens is 1. The summed E-state index contributed by atoms with van der Waals surface area (Å²) in [7, 11) is 0. The molecule has 0 bridgehead atoms. The van der Waals surface area contributed by atoms with Gasteiger partial charge in [0, 0.05) is 28.1 Å². The summed E-state index contributed by atoms with van der Waals surface area (Å²) in [5, 5.41) is 2.34. The summed E-state index contributed by atoms with van der Waals surface area (Å²) in [6, 6.07) is 97.9. The van der Waals surface area contributed by atoms with Crippen LogP contribution in [0.25, 0.3) is 88.0 Å². The molecule has 0 fully saturated rings. The van der Waals surface area contributed by atoms with E-state index in [-0.39, 0.29) is 28.6 Å². The summed E-state index contributed by atoms with van der Waals surface area (Å²) in [6.07, 6.45) is 0. The van der Waals surface area contributed by atoms with E-state index in [1.54, 1.807) is 0 Å². The molecule has 17 rings (SSSR count). The number of benzene rings is 12. The molecule has 0 amide bonds. The van der Waals surface area contributed by atoms with Crippen molar-refractivity contribution in [3.05, 3.63) is 323 Å². The van der Waals surface area contributed by atoms with E-state index in [1.807, 2.05) is 0 Å². The third-order valence-electron chi connectivity index (χ3n) is 19.7. The molecule has 0 spiro atoms. The summed E-state index contributed by atoms with van der Waals surface area (Å²) in [6.45, 7) is 23.6. The summed E-state index contributed by atoms with van der Waals surface area (Å²) in [4.78, 5) is 18.3. The standard InChI is InChI=1S/C86H65N5/c1-85(2,3)60-37-43-74-66(49-60)67-50-61(86(4,5)6)38-44-75(67)91(74)83-65(59-36-42-76-71(48-59)80-70-46-57(53-25-15-9-16-26-53)35-41-73(70)89-84(80)90(76)62-31-21-12-22-32-62)51-64(78(82(83)87-7)55-29-19-11-20-30-55)58-33-39-63-68(47-58)79-69-45-56(52-23-13-8-14-24-52)34-40-72(69)88-81(79)77(63)54-27-17-10-18-28-54/h8-51,77,79-80H,1-6H3. The van der Waals surface area contributed by atoms with Crippen molar-refractivity contribution in [2.24, 2.45) is 9.98 Å². The Morgan fingerprint density at radius 3 is 1.46 bits per heavy atom. The van der Waals surface area contributed by atoms with Gasteiger partial charge in [0.25, 0.3) is 0 Å². The number of amidine groups is 1. The van der Waals surface area contributed by atoms with Gasteiger partial charge in [-0.05, 0) is 196 Å². The van der Waals surface area contributed by atoms with Crippen LogP contribution in [0.4, 0.5) is 28.4 Å². The zero-order valence-corrected chi connectivity index (χ0v) is 51.9. The van der Waals surface area contributed by atoms with E-state index >= 15 is 0 Å². The van der Waals surface area contributed by atoms with Crippen molar-refractivity contribution < 1.29 is 0 Å². The van der Waals surface area contributed by atoms with E-state index in [2.05, 4.69) is 318 Å². The molecule has 434 valence electrons. The van der Waals surface area contributed by atoms with Gasteiger partial charge in [0.2, 0.25) is 5.69 Å². The Kier molecular flexibility index (Phi) is 12.3. The zero-order valence-electron chi connectivity index (χ0n) is 51.9. The molecule has 4 aliphatic rings. The fourth-order valence-corrected chi connectivity index (χ4v) is 15.2. The maximum Gasteiger partial charge on any atom is 0.219 e. The number of anilines is 2. The van der Waals surface area contributed by atoms with Crippen molar-refractivity contribution in [3.8, 4) is 61.3 Å². The molecule has 12 aromatic carbocycles. The Morgan fingerprint density at radius 2 is 0.879 bits per heavy atom. The summed E-state index contributed by atoms with van der Waals surface area (Å²) < 4.78 is 2.44. The molecule has 1 aromatic heterocycles. The van der Waals surface area contributed by atoms with Gasteiger partial charge in [-0.3, -0.25) is 9.89 Å². The van der Waals surface area contributed by atoms with E-state index in [0.717, 1.165) is 90.0 Å². The number of fused-ring (bicyclic) bond motifs is 13. The van der Waals surface area contributed by atoms with Gasteiger partial charge in [-0.15, -0.1) is 0 Å². The van der Waals surface area contributed by atoms with Crippen molar-refractivity contribution in [2.45, 2.75) is 70.1 Å². The number of rotatable bonds is 8.